The monoisotopic (exact) mass is 210 g/mol. The van der Waals surface area contributed by atoms with Crippen molar-refractivity contribution in [2.45, 2.75) is 6.54 Å². The van der Waals surface area contributed by atoms with Crippen molar-refractivity contribution in [3.63, 3.8) is 0 Å². The summed E-state index contributed by atoms with van der Waals surface area (Å²) in [4.78, 5) is 0. The van der Waals surface area contributed by atoms with Crippen LogP contribution in [0.3, 0.4) is 0 Å². The number of hydrogen-bond donors (Lipinski definition) is 2. The van der Waals surface area contributed by atoms with Crippen LogP contribution in [0.2, 0.25) is 5.02 Å². The number of nitrogens with two attached hydrogens (primary N) is 1. The predicted octanol–water partition coefficient (Wildman–Crippen LogP) is 2.00. The maximum Gasteiger partial charge on any atom is 0.126 e. The van der Waals surface area contributed by atoms with E-state index in [9.17, 15) is 5.11 Å². The Bertz CT molecular complexity index is 490. The second-order valence-electron chi connectivity index (χ2n) is 3.26. The number of nitrogens with zero attached hydrogens (tertiary/aromatic N) is 1. The fraction of sp³-hybridized carbons (Fsp3) is 0.200. The number of fused-ring (bicyclic) bond motifs is 1. The van der Waals surface area contributed by atoms with Crippen molar-refractivity contribution in [3.8, 4) is 5.75 Å². The van der Waals surface area contributed by atoms with Crippen molar-refractivity contribution in [2.75, 3.05) is 0 Å². The Balaban J connectivity index is 2.85. The van der Waals surface area contributed by atoms with Gasteiger partial charge in [-0.1, -0.05) is 11.6 Å². The molecule has 0 saturated heterocycles. The Kier molecular flexibility index (Phi) is 2.13. The fourth-order valence-electron chi connectivity index (χ4n) is 1.63. The first-order valence-corrected chi connectivity index (χ1v) is 4.68. The molecule has 0 fully saturated rings. The van der Waals surface area contributed by atoms with Crippen LogP contribution in [-0.4, -0.2) is 9.67 Å². The molecule has 1 heterocycles. The highest BCUT2D eigenvalue weighted by molar-refractivity contribution is 6.31. The molecule has 2 aromatic rings. The molecular formula is C10H11ClN2O. The lowest BCUT2D eigenvalue weighted by Gasteiger charge is -2.01. The summed E-state index contributed by atoms with van der Waals surface area (Å²) < 4.78 is 1.93. The second-order valence-corrected chi connectivity index (χ2v) is 3.69. The first-order valence-electron chi connectivity index (χ1n) is 4.30. The van der Waals surface area contributed by atoms with E-state index in [-0.39, 0.29) is 5.75 Å². The lowest BCUT2D eigenvalue weighted by atomic mass is 10.2. The summed E-state index contributed by atoms with van der Waals surface area (Å²) in [6, 6.07) is 5.22. The first-order chi connectivity index (χ1) is 6.63. The number of aryl methyl sites for hydroxylation is 1. The molecule has 0 radical (unpaired) electrons. The van der Waals surface area contributed by atoms with Crippen molar-refractivity contribution >= 4 is 22.5 Å². The fourth-order valence-corrected chi connectivity index (χ4v) is 1.84. The van der Waals surface area contributed by atoms with E-state index in [1.54, 1.807) is 0 Å². The van der Waals surface area contributed by atoms with Crippen LogP contribution in [-0.2, 0) is 13.6 Å². The molecule has 1 aromatic carbocycles. The molecule has 0 bridgehead atoms. The Morgan fingerprint density at radius 1 is 1.43 bits per heavy atom. The van der Waals surface area contributed by atoms with E-state index >= 15 is 0 Å². The molecule has 14 heavy (non-hydrogen) atoms. The number of aromatic nitrogens is 1. The third kappa shape index (κ3) is 1.25. The van der Waals surface area contributed by atoms with Crippen LogP contribution in [0.25, 0.3) is 10.9 Å². The van der Waals surface area contributed by atoms with E-state index in [4.69, 9.17) is 17.3 Å². The molecule has 0 amide bonds. The second kappa shape index (κ2) is 3.19. The molecule has 0 atom stereocenters. The number of phenolic OH excluding ortho intramolecular Hbond substituents is 1. The highest BCUT2D eigenvalue weighted by atomic mass is 35.5. The van der Waals surface area contributed by atoms with E-state index in [0.717, 1.165) is 16.6 Å². The number of halogens is 1. The Morgan fingerprint density at radius 2 is 2.14 bits per heavy atom. The largest absolute Gasteiger partial charge is 0.507 e. The summed E-state index contributed by atoms with van der Waals surface area (Å²) >= 11 is 5.84. The zero-order chi connectivity index (χ0) is 10.3. The van der Waals surface area contributed by atoms with E-state index in [1.807, 2.05) is 23.7 Å². The van der Waals surface area contributed by atoms with E-state index in [1.165, 1.54) is 6.07 Å². The third-order valence-electron chi connectivity index (χ3n) is 2.41. The molecule has 0 aliphatic rings. The van der Waals surface area contributed by atoms with Gasteiger partial charge in [0, 0.05) is 29.7 Å². The summed E-state index contributed by atoms with van der Waals surface area (Å²) in [6.45, 7) is 0.447. The first kappa shape index (κ1) is 9.37. The van der Waals surface area contributed by atoms with Crippen LogP contribution in [0.4, 0.5) is 0 Å². The van der Waals surface area contributed by atoms with Crippen LogP contribution in [0, 0.1) is 0 Å². The molecule has 0 saturated carbocycles. The zero-order valence-corrected chi connectivity index (χ0v) is 8.54. The molecule has 2 rings (SSSR count). The van der Waals surface area contributed by atoms with E-state index < -0.39 is 0 Å². The SMILES string of the molecule is Cn1c(CN)cc2c(O)cc(Cl)cc21. The Hall–Kier alpha value is -1.19. The lowest BCUT2D eigenvalue weighted by Crippen LogP contribution is -2.02. The van der Waals surface area contributed by atoms with Crippen LogP contribution >= 0.6 is 11.6 Å². The molecule has 3 nitrogen and oxygen atoms in total. The van der Waals surface area contributed by atoms with Gasteiger partial charge in [0.1, 0.15) is 5.75 Å². The third-order valence-corrected chi connectivity index (χ3v) is 2.63. The minimum Gasteiger partial charge on any atom is -0.507 e. The minimum absolute atomic E-state index is 0.197. The maximum atomic E-state index is 9.65. The van der Waals surface area contributed by atoms with Gasteiger partial charge in [-0.2, -0.15) is 0 Å². The van der Waals surface area contributed by atoms with Gasteiger partial charge in [-0.15, -0.1) is 0 Å². The van der Waals surface area contributed by atoms with Crippen molar-refractivity contribution < 1.29 is 5.11 Å². The smallest absolute Gasteiger partial charge is 0.126 e. The van der Waals surface area contributed by atoms with Crippen LogP contribution in [0.15, 0.2) is 18.2 Å². The average molecular weight is 211 g/mol. The summed E-state index contributed by atoms with van der Waals surface area (Å²) in [5, 5.41) is 11.0. The van der Waals surface area contributed by atoms with Gasteiger partial charge in [-0.05, 0) is 18.2 Å². The molecule has 3 N–H and O–H groups in total. The summed E-state index contributed by atoms with van der Waals surface area (Å²) in [5.74, 6) is 0.197. The average Bonchev–Trinajstić information content (AvgIpc) is 2.44. The molecule has 0 spiro atoms. The van der Waals surface area contributed by atoms with Gasteiger partial charge >= 0.3 is 0 Å². The normalized spacial score (nSPS) is 11.1. The topological polar surface area (TPSA) is 51.2 Å². The highest BCUT2D eigenvalue weighted by Gasteiger charge is 2.08. The lowest BCUT2D eigenvalue weighted by molar-refractivity contribution is 0.481. The number of phenols is 1. The number of rotatable bonds is 1. The van der Waals surface area contributed by atoms with Crippen LogP contribution < -0.4 is 5.73 Å². The summed E-state index contributed by atoms with van der Waals surface area (Å²) in [7, 11) is 1.90. The standard InChI is InChI=1S/C10H11ClN2O/c1-13-7(5-12)4-8-9(13)2-6(11)3-10(8)14/h2-4,14H,5,12H2,1H3. The van der Waals surface area contributed by atoms with Crippen molar-refractivity contribution in [3.05, 3.63) is 28.9 Å². The molecule has 74 valence electrons. The maximum absolute atomic E-state index is 9.65. The van der Waals surface area contributed by atoms with Gasteiger partial charge in [-0.3, -0.25) is 0 Å². The molecule has 1 aromatic heterocycles. The quantitative estimate of drug-likeness (QED) is 0.757. The van der Waals surface area contributed by atoms with Crippen LogP contribution in [0.5, 0.6) is 5.75 Å². The zero-order valence-electron chi connectivity index (χ0n) is 7.79. The van der Waals surface area contributed by atoms with Gasteiger partial charge in [0.05, 0.1) is 5.52 Å². The Labute approximate surface area is 86.7 Å². The molecule has 0 aliphatic carbocycles. The number of benzene rings is 1. The van der Waals surface area contributed by atoms with Gasteiger partial charge in [-0.25, -0.2) is 0 Å². The molecular weight excluding hydrogens is 200 g/mol. The van der Waals surface area contributed by atoms with Crippen molar-refractivity contribution in [2.24, 2.45) is 12.8 Å². The van der Waals surface area contributed by atoms with Gasteiger partial charge in [0.25, 0.3) is 0 Å². The summed E-state index contributed by atoms with van der Waals surface area (Å²) in [5.41, 5.74) is 7.44. The molecule has 0 unspecified atom stereocenters. The van der Waals surface area contributed by atoms with Gasteiger partial charge in [0.15, 0.2) is 0 Å². The summed E-state index contributed by atoms with van der Waals surface area (Å²) in [6.07, 6.45) is 0. The molecule has 0 aliphatic heterocycles. The number of hydrogen-bond acceptors (Lipinski definition) is 2. The predicted molar refractivity (Wildman–Crippen MR) is 57.5 cm³/mol. The number of aromatic hydroxyl groups is 1. The molecule has 4 heteroatoms. The van der Waals surface area contributed by atoms with Crippen molar-refractivity contribution in [1.82, 2.24) is 4.57 Å². The Morgan fingerprint density at radius 3 is 2.79 bits per heavy atom. The minimum atomic E-state index is 0.197. The van der Waals surface area contributed by atoms with E-state index in [2.05, 4.69) is 0 Å². The van der Waals surface area contributed by atoms with Gasteiger partial charge < -0.3 is 15.4 Å². The highest BCUT2D eigenvalue weighted by Crippen LogP contribution is 2.30. The van der Waals surface area contributed by atoms with Crippen molar-refractivity contribution in [1.29, 1.82) is 0 Å². The van der Waals surface area contributed by atoms with Gasteiger partial charge in [0.2, 0.25) is 0 Å². The van der Waals surface area contributed by atoms with Crippen LogP contribution in [0.1, 0.15) is 5.69 Å². The van der Waals surface area contributed by atoms with E-state index in [0.29, 0.717) is 11.6 Å².